The summed E-state index contributed by atoms with van der Waals surface area (Å²) in [5.41, 5.74) is 10.9. The first-order valence-corrected chi connectivity index (χ1v) is 20.3. The molecule has 0 spiro atoms. The summed E-state index contributed by atoms with van der Waals surface area (Å²) in [7, 11) is 0. The Labute approximate surface area is 331 Å². The molecule has 3 aromatic heterocycles. The van der Waals surface area contributed by atoms with Crippen molar-refractivity contribution >= 4 is 87.6 Å². The Morgan fingerprint density at radius 3 is 2.09 bits per heavy atom. The van der Waals surface area contributed by atoms with E-state index in [4.69, 9.17) is 14.4 Å². The molecule has 57 heavy (non-hydrogen) atoms. The minimum Gasteiger partial charge on any atom is -0.456 e. The van der Waals surface area contributed by atoms with Gasteiger partial charge in [-0.2, -0.15) is 0 Å². The minimum atomic E-state index is -0.260. The Balaban J connectivity index is 1.02. The number of fused-ring (bicyclic) bond motifs is 9. The van der Waals surface area contributed by atoms with E-state index in [0.717, 1.165) is 68.4 Å². The molecule has 7 aromatic carbocycles. The zero-order chi connectivity index (χ0) is 37.5. The number of aromatic nitrogens is 1. The molecule has 0 bridgehead atoms. The van der Waals surface area contributed by atoms with Gasteiger partial charge >= 0.3 is 0 Å². The van der Waals surface area contributed by atoms with E-state index in [1.165, 1.54) is 53.2 Å². The van der Waals surface area contributed by atoms with Crippen LogP contribution in [0, 0.1) is 0 Å². The molecule has 0 amide bonds. The number of hydrogen-bond donors (Lipinski definition) is 1. The Morgan fingerprint density at radius 2 is 1.30 bits per heavy atom. The second kappa shape index (κ2) is 12.8. The van der Waals surface area contributed by atoms with E-state index in [1.54, 1.807) is 0 Å². The molecule has 4 heterocycles. The lowest BCUT2D eigenvalue weighted by atomic mass is 9.99. The Kier molecular flexibility index (Phi) is 7.22. The zero-order valence-corrected chi connectivity index (χ0v) is 31.6. The maximum atomic E-state index is 6.88. The SMILES string of the molecule is C1=c2c(oc3cc(-c4cccc5c4sc4c(-n6c7ccccc7c7ccccc76)cccc45)ccc23)=C(C2=NC(c3ccccc3)NC(c3ccccc3)=N2)CC1. The van der Waals surface area contributed by atoms with Crippen molar-refractivity contribution in [2.75, 3.05) is 0 Å². The van der Waals surface area contributed by atoms with Crippen LogP contribution in [0.3, 0.4) is 0 Å². The molecular formula is C51H34N4OS. The predicted octanol–water partition coefficient (Wildman–Crippen LogP) is 11.4. The van der Waals surface area contributed by atoms with Crippen LogP contribution in [0.1, 0.15) is 30.1 Å². The van der Waals surface area contributed by atoms with Crippen LogP contribution in [0.5, 0.6) is 0 Å². The summed E-state index contributed by atoms with van der Waals surface area (Å²) >= 11 is 1.88. The van der Waals surface area contributed by atoms with Crippen LogP contribution in [0.15, 0.2) is 178 Å². The summed E-state index contributed by atoms with van der Waals surface area (Å²) in [6.07, 6.45) is 3.75. The highest BCUT2D eigenvalue weighted by Gasteiger charge is 2.25. The predicted molar refractivity (Wildman–Crippen MR) is 238 cm³/mol. The molecule has 10 aromatic rings. The fraction of sp³-hybridized carbons (Fsp3) is 0.0588. The van der Waals surface area contributed by atoms with E-state index in [-0.39, 0.29) is 6.17 Å². The highest BCUT2D eigenvalue weighted by molar-refractivity contribution is 7.26. The van der Waals surface area contributed by atoms with Gasteiger partial charge in [0.2, 0.25) is 0 Å². The van der Waals surface area contributed by atoms with Gasteiger partial charge in [0.05, 0.1) is 21.4 Å². The summed E-state index contributed by atoms with van der Waals surface area (Å²) in [5.74, 6) is 1.54. The van der Waals surface area contributed by atoms with Crippen molar-refractivity contribution in [3.05, 3.63) is 186 Å². The van der Waals surface area contributed by atoms with Crippen LogP contribution in [-0.4, -0.2) is 16.2 Å². The number of para-hydroxylation sites is 2. The molecule has 5 nitrogen and oxygen atoms in total. The molecule has 1 atom stereocenters. The van der Waals surface area contributed by atoms with E-state index >= 15 is 0 Å². The van der Waals surface area contributed by atoms with Crippen LogP contribution in [0.25, 0.3) is 81.4 Å². The number of nitrogens with one attached hydrogen (secondary N) is 1. The lowest BCUT2D eigenvalue weighted by molar-refractivity contribution is 0.569. The highest BCUT2D eigenvalue weighted by Crippen LogP contribution is 2.44. The van der Waals surface area contributed by atoms with Gasteiger partial charge < -0.3 is 14.3 Å². The largest absolute Gasteiger partial charge is 0.456 e. The summed E-state index contributed by atoms with van der Waals surface area (Å²) in [6, 6.07) is 58.3. The van der Waals surface area contributed by atoms with Gasteiger partial charge in [0.1, 0.15) is 23.0 Å². The number of rotatable bonds is 5. The van der Waals surface area contributed by atoms with E-state index in [9.17, 15) is 0 Å². The molecule has 6 heteroatoms. The van der Waals surface area contributed by atoms with E-state index < -0.39 is 0 Å². The number of furan rings is 1. The molecule has 2 aliphatic rings. The third-order valence-electron chi connectivity index (χ3n) is 11.6. The molecule has 0 saturated carbocycles. The topological polar surface area (TPSA) is 54.8 Å². The average Bonchev–Trinajstić information content (AvgIpc) is 3.96. The van der Waals surface area contributed by atoms with Crippen LogP contribution < -0.4 is 16.0 Å². The highest BCUT2D eigenvalue weighted by atomic mass is 32.1. The molecule has 0 saturated heterocycles. The Bertz CT molecular complexity index is 3390. The van der Waals surface area contributed by atoms with Gasteiger partial charge in [-0.1, -0.05) is 140 Å². The monoisotopic (exact) mass is 750 g/mol. The third-order valence-corrected chi connectivity index (χ3v) is 12.8. The van der Waals surface area contributed by atoms with Crippen molar-refractivity contribution in [3.8, 4) is 16.8 Å². The maximum absolute atomic E-state index is 6.88. The maximum Gasteiger partial charge on any atom is 0.159 e. The van der Waals surface area contributed by atoms with Gasteiger partial charge in [-0.25, -0.2) is 9.98 Å². The van der Waals surface area contributed by atoms with Gasteiger partial charge in [0.25, 0.3) is 0 Å². The van der Waals surface area contributed by atoms with Crippen molar-refractivity contribution in [1.82, 2.24) is 9.88 Å². The lowest BCUT2D eigenvalue weighted by Crippen LogP contribution is -2.36. The smallest absolute Gasteiger partial charge is 0.159 e. The van der Waals surface area contributed by atoms with Crippen LogP contribution >= 0.6 is 11.3 Å². The summed E-state index contributed by atoms with van der Waals surface area (Å²) in [6.45, 7) is 0. The fourth-order valence-electron chi connectivity index (χ4n) is 8.92. The standard InChI is InChI=1S/C51H34N4OS/c1-3-14-31(15-4-1)49-52-50(32-16-5-2-6-17-32)54-51(53-49)41-24-12-21-38-37-29-28-33(30-45(37)56-46(38)41)34-20-11-22-39-40-23-13-27-44(48(40)57-47(34)39)55-42-25-9-7-18-35(42)36-19-8-10-26-43(36)55/h1-11,13-23,25-30,49H,12,24H2,(H,52,53,54). The number of aliphatic imine (C=N–C) groups is 2. The van der Waals surface area contributed by atoms with Gasteiger partial charge in [-0.05, 0) is 59.9 Å². The summed E-state index contributed by atoms with van der Waals surface area (Å²) in [4.78, 5) is 10.3. The second-order valence-corrected chi connectivity index (χ2v) is 15.8. The average molecular weight is 751 g/mol. The van der Waals surface area contributed by atoms with E-state index in [1.807, 2.05) is 35.6 Å². The fourth-order valence-corrected chi connectivity index (χ4v) is 10.3. The van der Waals surface area contributed by atoms with Gasteiger partial charge in [-0.3, -0.25) is 0 Å². The Hall–Kier alpha value is -7.02. The van der Waals surface area contributed by atoms with Crippen molar-refractivity contribution in [2.24, 2.45) is 9.98 Å². The summed E-state index contributed by atoms with van der Waals surface area (Å²) < 4.78 is 11.9. The molecule has 0 fully saturated rings. The zero-order valence-electron chi connectivity index (χ0n) is 30.8. The number of thiophene rings is 1. The molecule has 0 radical (unpaired) electrons. The van der Waals surface area contributed by atoms with Crippen molar-refractivity contribution in [3.63, 3.8) is 0 Å². The lowest BCUT2D eigenvalue weighted by Gasteiger charge is -2.24. The number of benzene rings is 7. The first-order valence-electron chi connectivity index (χ1n) is 19.5. The second-order valence-electron chi connectivity index (χ2n) is 14.8. The van der Waals surface area contributed by atoms with Crippen molar-refractivity contribution < 1.29 is 4.42 Å². The molecule has 1 unspecified atom stereocenters. The quantitative estimate of drug-likeness (QED) is 0.190. The van der Waals surface area contributed by atoms with Gasteiger partial charge in [0, 0.05) is 48.0 Å². The molecule has 1 N–H and O–H groups in total. The molecular weight excluding hydrogens is 717 g/mol. The first-order chi connectivity index (χ1) is 28.3. The van der Waals surface area contributed by atoms with Gasteiger partial charge in [0.15, 0.2) is 5.84 Å². The minimum absolute atomic E-state index is 0.260. The number of nitrogens with zero attached hydrogens (tertiary/aromatic N) is 3. The van der Waals surface area contributed by atoms with E-state index in [0.29, 0.717) is 0 Å². The molecule has 1 aliphatic heterocycles. The van der Waals surface area contributed by atoms with Crippen LogP contribution in [0.4, 0.5) is 0 Å². The summed E-state index contributed by atoms with van der Waals surface area (Å²) in [5, 5.41) is 10.9. The van der Waals surface area contributed by atoms with E-state index in [2.05, 4.69) is 155 Å². The third kappa shape index (κ3) is 5.07. The van der Waals surface area contributed by atoms with Gasteiger partial charge in [-0.15, -0.1) is 11.3 Å². The van der Waals surface area contributed by atoms with Crippen LogP contribution in [-0.2, 0) is 0 Å². The first kappa shape index (κ1) is 32.2. The van der Waals surface area contributed by atoms with Crippen LogP contribution in [0.2, 0.25) is 0 Å². The Morgan fingerprint density at radius 1 is 0.614 bits per heavy atom. The number of hydrogen-bond acceptors (Lipinski definition) is 5. The van der Waals surface area contributed by atoms with Crippen molar-refractivity contribution in [2.45, 2.75) is 19.0 Å². The molecule has 270 valence electrons. The number of amidine groups is 2. The molecule has 12 rings (SSSR count). The molecule has 1 aliphatic carbocycles. The van der Waals surface area contributed by atoms with Crippen molar-refractivity contribution in [1.29, 1.82) is 0 Å². The normalized spacial score (nSPS) is 15.5.